The molecule has 0 aliphatic carbocycles. The Balaban J connectivity index is 1.75. The molecule has 0 atom stereocenters. The molecule has 3 rings (SSSR count). The Labute approximate surface area is 159 Å². The van der Waals surface area contributed by atoms with Crippen LogP contribution in [0.15, 0.2) is 24.4 Å². The Morgan fingerprint density at radius 2 is 1.96 bits per heavy atom. The molecule has 3 heterocycles. The van der Waals surface area contributed by atoms with Crippen molar-refractivity contribution in [1.29, 1.82) is 0 Å². The summed E-state index contributed by atoms with van der Waals surface area (Å²) in [5.41, 5.74) is 0.963. The molecule has 1 aliphatic heterocycles. The van der Waals surface area contributed by atoms with Crippen LogP contribution in [0.1, 0.15) is 35.0 Å². The number of morpholine rings is 1. The Kier molecular flexibility index (Phi) is 6.41. The van der Waals surface area contributed by atoms with Crippen molar-refractivity contribution in [2.75, 3.05) is 52.5 Å². The molecule has 1 saturated heterocycles. The van der Waals surface area contributed by atoms with Crippen molar-refractivity contribution in [1.82, 2.24) is 24.5 Å². The van der Waals surface area contributed by atoms with Gasteiger partial charge < -0.3 is 15.0 Å². The highest BCUT2D eigenvalue weighted by atomic mass is 16.5. The Bertz CT molecular complexity index is 794. The molecule has 1 aliphatic rings. The van der Waals surface area contributed by atoms with E-state index in [-0.39, 0.29) is 17.6 Å². The van der Waals surface area contributed by atoms with E-state index in [9.17, 15) is 9.59 Å². The zero-order chi connectivity index (χ0) is 19.2. The fraction of sp³-hybridized carbons (Fsp3) is 0.526. The van der Waals surface area contributed by atoms with E-state index < -0.39 is 0 Å². The van der Waals surface area contributed by atoms with Gasteiger partial charge in [0.25, 0.3) is 11.8 Å². The fourth-order valence-corrected chi connectivity index (χ4v) is 3.25. The van der Waals surface area contributed by atoms with Gasteiger partial charge in [-0.2, -0.15) is 0 Å². The molecule has 0 bridgehead atoms. The second kappa shape index (κ2) is 8.96. The predicted octanol–water partition coefficient (Wildman–Crippen LogP) is 0.878. The molecule has 0 unspecified atom stereocenters. The minimum Gasteiger partial charge on any atom is -0.379 e. The topological polar surface area (TPSA) is 79.2 Å². The molecule has 1 fully saturated rings. The first-order valence-corrected chi connectivity index (χ1v) is 9.50. The number of nitrogens with zero attached hydrogens (tertiary/aromatic N) is 4. The van der Waals surface area contributed by atoms with Crippen molar-refractivity contribution in [3.05, 3.63) is 35.9 Å². The molecule has 0 spiro atoms. The largest absolute Gasteiger partial charge is 0.379 e. The first-order valence-electron chi connectivity index (χ1n) is 9.50. The quantitative estimate of drug-likeness (QED) is 0.779. The summed E-state index contributed by atoms with van der Waals surface area (Å²) in [5, 5.41) is 2.92. The zero-order valence-electron chi connectivity index (χ0n) is 16.0. The van der Waals surface area contributed by atoms with Gasteiger partial charge in [0.05, 0.1) is 18.7 Å². The van der Waals surface area contributed by atoms with E-state index in [1.165, 1.54) is 0 Å². The standard InChI is InChI=1S/C19H27N5O3/c1-3-23(4-2)19(26)16-15-7-5-6-9-24(15)17(21-16)18(25)20-8-10-22-11-13-27-14-12-22/h5-7,9H,3-4,8,10-14H2,1-2H3,(H,20,25). The average Bonchev–Trinajstić information content (AvgIpc) is 3.09. The lowest BCUT2D eigenvalue weighted by atomic mass is 10.3. The summed E-state index contributed by atoms with van der Waals surface area (Å²) in [6.45, 7) is 9.58. The summed E-state index contributed by atoms with van der Waals surface area (Å²) in [6.07, 6.45) is 1.76. The van der Waals surface area contributed by atoms with Crippen LogP contribution in [0.4, 0.5) is 0 Å². The van der Waals surface area contributed by atoms with E-state index in [0.29, 0.717) is 30.8 Å². The maximum Gasteiger partial charge on any atom is 0.287 e. The van der Waals surface area contributed by atoms with Gasteiger partial charge in [0.1, 0.15) is 0 Å². The van der Waals surface area contributed by atoms with Gasteiger partial charge in [0.2, 0.25) is 5.82 Å². The van der Waals surface area contributed by atoms with Gasteiger partial charge in [-0.3, -0.25) is 18.9 Å². The van der Waals surface area contributed by atoms with Crippen LogP contribution in [0.25, 0.3) is 5.52 Å². The fourth-order valence-electron chi connectivity index (χ4n) is 3.25. The number of fused-ring (bicyclic) bond motifs is 1. The van der Waals surface area contributed by atoms with Crippen LogP contribution >= 0.6 is 0 Å². The second-order valence-corrected chi connectivity index (χ2v) is 6.43. The Morgan fingerprint density at radius 3 is 2.67 bits per heavy atom. The van der Waals surface area contributed by atoms with Crippen LogP contribution in [-0.4, -0.2) is 83.5 Å². The van der Waals surface area contributed by atoms with Crippen molar-refractivity contribution in [2.45, 2.75) is 13.8 Å². The number of carbonyl (C=O) groups excluding carboxylic acids is 2. The van der Waals surface area contributed by atoms with Crippen molar-refractivity contribution < 1.29 is 14.3 Å². The normalized spacial score (nSPS) is 15.0. The molecule has 1 N–H and O–H groups in total. The number of amides is 2. The van der Waals surface area contributed by atoms with Gasteiger partial charge in [0, 0.05) is 45.5 Å². The molecule has 8 nitrogen and oxygen atoms in total. The molecule has 2 aromatic rings. The number of nitrogens with one attached hydrogen (secondary N) is 1. The molecule has 2 amide bonds. The van der Waals surface area contributed by atoms with Gasteiger partial charge in [-0.25, -0.2) is 4.98 Å². The highest BCUT2D eigenvalue weighted by Gasteiger charge is 2.24. The summed E-state index contributed by atoms with van der Waals surface area (Å²) in [7, 11) is 0. The molecule has 27 heavy (non-hydrogen) atoms. The maximum absolute atomic E-state index is 12.8. The molecule has 0 aromatic carbocycles. The minimum atomic E-state index is -0.275. The monoisotopic (exact) mass is 373 g/mol. The number of carbonyl (C=O) groups is 2. The molecule has 8 heteroatoms. The molecular weight excluding hydrogens is 346 g/mol. The third-order valence-electron chi connectivity index (χ3n) is 4.82. The number of hydrogen-bond donors (Lipinski definition) is 1. The molecule has 0 radical (unpaired) electrons. The van der Waals surface area contributed by atoms with Crippen LogP contribution in [0.2, 0.25) is 0 Å². The molecular formula is C19H27N5O3. The van der Waals surface area contributed by atoms with Crippen LogP contribution in [0.3, 0.4) is 0 Å². The summed E-state index contributed by atoms with van der Waals surface area (Å²) in [5.74, 6) is -0.192. The number of aromatic nitrogens is 2. The predicted molar refractivity (Wildman–Crippen MR) is 102 cm³/mol. The van der Waals surface area contributed by atoms with E-state index in [0.717, 1.165) is 32.8 Å². The van der Waals surface area contributed by atoms with Crippen molar-refractivity contribution in [2.24, 2.45) is 0 Å². The smallest absolute Gasteiger partial charge is 0.287 e. The van der Waals surface area contributed by atoms with Gasteiger partial charge in [-0.1, -0.05) is 6.07 Å². The highest BCUT2D eigenvalue weighted by molar-refractivity contribution is 6.02. The Morgan fingerprint density at radius 1 is 1.22 bits per heavy atom. The third-order valence-corrected chi connectivity index (χ3v) is 4.82. The minimum absolute atomic E-state index is 0.156. The van der Waals surface area contributed by atoms with E-state index in [4.69, 9.17) is 4.74 Å². The van der Waals surface area contributed by atoms with Gasteiger partial charge in [-0.05, 0) is 26.0 Å². The second-order valence-electron chi connectivity index (χ2n) is 6.43. The van der Waals surface area contributed by atoms with Crippen LogP contribution in [0.5, 0.6) is 0 Å². The first kappa shape index (κ1) is 19.3. The molecule has 146 valence electrons. The maximum atomic E-state index is 12.8. The van der Waals surface area contributed by atoms with Crippen LogP contribution in [0, 0.1) is 0 Å². The number of imidazole rings is 1. The number of pyridine rings is 1. The van der Waals surface area contributed by atoms with Crippen LogP contribution in [-0.2, 0) is 4.74 Å². The van der Waals surface area contributed by atoms with Crippen molar-refractivity contribution in [3.63, 3.8) is 0 Å². The number of hydrogen-bond acceptors (Lipinski definition) is 5. The average molecular weight is 373 g/mol. The van der Waals surface area contributed by atoms with Gasteiger partial charge in [-0.15, -0.1) is 0 Å². The lowest BCUT2D eigenvalue weighted by Gasteiger charge is -2.26. The number of ether oxygens (including phenoxy) is 1. The lowest BCUT2D eigenvalue weighted by molar-refractivity contribution is 0.0383. The number of rotatable bonds is 7. The molecule has 2 aromatic heterocycles. The van der Waals surface area contributed by atoms with Gasteiger partial charge in [0.15, 0.2) is 5.69 Å². The zero-order valence-corrected chi connectivity index (χ0v) is 16.0. The van der Waals surface area contributed by atoms with Crippen LogP contribution < -0.4 is 5.32 Å². The SMILES string of the molecule is CCN(CC)C(=O)c1nc(C(=O)NCCN2CCOCC2)n2ccccc12. The lowest BCUT2D eigenvalue weighted by Crippen LogP contribution is -2.41. The Hall–Kier alpha value is -2.45. The third kappa shape index (κ3) is 4.28. The first-order chi connectivity index (χ1) is 13.2. The van der Waals surface area contributed by atoms with Crippen molar-refractivity contribution in [3.8, 4) is 0 Å². The van der Waals surface area contributed by atoms with E-state index in [1.54, 1.807) is 15.5 Å². The van der Waals surface area contributed by atoms with Crippen molar-refractivity contribution >= 4 is 17.3 Å². The van der Waals surface area contributed by atoms with E-state index in [1.807, 2.05) is 32.0 Å². The summed E-state index contributed by atoms with van der Waals surface area (Å²) >= 11 is 0. The van der Waals surface area contributed by atoms with E-state index >= 15 is 0 Å². The van der Waals surface area contributed by atoms with Gasteiger partial charge >= 0.3 is 0 Å². The van der Waals surface area contributed by atoms with E-state index in [2.05, 4.69) is 15.2 Å². The summed E-state index contributed by atoms with van der Waals surface area (Å²) < 4.78 is 7.01. The highest BCUT2D eigenvalue weighted by Crippen LogP contribution is 2.15. The summed E-state index contributed by atoms with van der Waals surface area (Å²) in [6, 6.07) is 5.48. The summed E-state index contributed by atoms with van der Waals surface area (Å²) in [4.78, 5) is 33.8. The molecule has 0 saturated carbocycles.